The van der Waals surface area contributed by atoms with Crippen molar-refractivity contribution in [1.82, 2.24) is 9.29 Å². The van der Waals surface area contributed by atoms with Gasteiger partial charge in [0.2, 0.25) is 0 Å². The Hall–Kier alpha value is -2.95. The van der Waals surface area contributed by atoms with Gasteiger partial charge in [-0.1, -0.05) is 30.3 Å². The highest BCUT2D eigenvalue weighted by atomic mass is 32.2. The van der Waals surface area contributed by atoms with E-state index in [0.717, 1.165) is 18.2 Å². The largest absolute Gasteiger partial charge is 0.418 e. The molecule has 0 saturated heterocycles. The smallest absolute Gasteiger partial charge is 0.250 e. The first kappa shape index (κ1) is 20.8. The standard InChI is InChI=1S/C18H14F5N3O2S/c1-12-6-2-3-7-13(12)16-14(18(21,22)23)8-9-15(24-16)25-29(27,28)26-11-5-4-10-17(26,19)20/h2-11H,1H3,(H,24,25). The van der Waals surface area contributed by atoms with Crippen molar-refractivity contribution in [2.24, 2.45) is 0 Å². The van der Waals surface area contributed by atoms with Crippen LogP contribution in [0.3, 0.4) is 0 Å². The van der Waals surface area contributed by atoms with Crippen molar-refractivity contribution in [3.8, 4) is 11.3 Å². The molecular formula is C18H14F5N3O2S. The van der Waals surface area contributed by atoms with Crippen molar-refractivity contribution >= 4 is 16.0 Å². The van der Waals surface area contributed by atoms with Gasteiger partial charge in [0.05, 0.1) is 11.3 Å². The summed E-state index contributed by atoms with van der Waals surface area (Å²) in [6.07, 6.45) is -1.70. The number of hydrogen-bond donors (Lipinski definition) is 1. The number of aromatic nitrogens is 1. The zero-order chi connectivity index (χ0) is 21.4. The third kappa shape index (κ3) is 4.24. The van der Waals surface area contributed by atoms with Gasteiger partial charge in [-0.15, -0.1) is 0 Å². The van der Waals surface area contributed by atoms with Crippen molar-refractivity contribution in [2.75, 3.05) is 4.72 Å². The van der Waals surface area contributed by atoms with Gasteiger partial charge in [0.15, 0.2) is 0 Å². The van der Waals surface area contributed by atoms with E-state index in [1.807, 2.05) is 0 Å². The number of aryl methyl sites for hydroxylation is 1. The Bertz CT molecular complexity index is 1090. The van der Waals surface area contributed by atoms with Gasteiger partial charge in [0.1, 0.15) is 5.82 Å². The zero-order valence-corrected chi connectivity index (χ0v) is 15.6. The molecule has 2 aromatic rings. The number of nitrogens with one attached hydrogen (secondary N) is 1. The second-order valence-electron chi connectivity index (χ2n) is 6.10. The molecule has 2 heterocycles. The maximum atomic E-state index is 13.9. The monoisotopic (exact) mass is 431 g/mol. The van der Waals surface area contributed by atoms with E-state index >= 15 is 0 Å². The van der Waals surface area contributed by atoms with Crippen LogP contribution in [0.5, 0.6) is 0 Å². The summed E-state index contributed by atoms with van der Waals surface area (Å²) in [4.78, 5) is 3.77. The predicted octanol–water partition coefficient (Wildman–Crippen LogP) is 4.71. The molecule has 0 saturated carbocycles. The summed E-state index contributed by atoms with van der Waals surface area (Å²) >= 11 is 0. The maximum absolute atomic E-state index is 13.9. The Labute approximate surface area is 163 Å². The van der Waals surface area contributed by atoms with Crippen LogP contribution in [0.4, 0.5) is 27.8 Å². The van der Waals surface area contributed by atoms with Crippen molar-refractivity contribution < 1.29 is 30.4 Å². The van der Waals surface area contributed by atoms with Gasteiger partial charge in [-0.25, -0.2) is 9.71 Å². The third-order valence-electron chi connectivity index (χ3n) is 4.02. The van der Waals surface area contributed by atoms with Crippen LogP contribution in [0, 0.1) is 6.92 Å². The van der Waals surface area contributed by atoms with Crippen LogP contribution in [0.1, 0.15) is 11.1 Å². The van der Waals surface area contributed by atoms with Gasteiger partial charge in [-0.2, -0.15) is 34.7 Å². The number of halogens is 5. The number of nitrogens with zero attached hydrogens (tertiary/aromatic N) is 2. The minimum absolute atomic E-state index is 0.131. The molecule has 0 unspecified atom stereocenters. The van der Waals surface area contributed by atoms with Crippen LogP contribution >= 0.6 is 0 Å². The number of hydrogen-bond acceptors (Lipinski definition) is 3. The molecule has 1 aliphatic rings. The topological polar surface area (TPSA) is 62.3 Å². The van der Waals surface area contributed by atoms with E-state index in [-0.39, 0.29) is 9.87 Å². The predicted molar refractivity (Wildman–Crippen MR) is 97.0 cm³/mol. The molecule has 1 aliphatic heterocycles. The van der Waals surface area contributed by atoms with E-state index in [1.54, 1.807) is 23.8 Å². The van der Waals surface area contributed by atoms with Crippen LogP contribution in [-0.2, 0) is 16.4 Å². The minimum Gasteiger partial charge on any atom is -0.250 e. The van der Waals surface area contributed by atoms with E-state index in [1.165, 1.54) is 12.1 Å². The van der Waals surface area contributed by atoms with Crippen LogP contribution in [-0.4, -0.2) is 23.8 Å². The lowest BCUT2D eigenvalue weighted by Gasteiger charge is -2.28. The molecule has 0 spiro atoms. The van der Waals surface area contributed by atoms with Crippen molar-refractivity contribution in [2.45, 2.75) is 19.1 Å². The first-order chi connectivity index (χ1) is 13.4. The summed E-state index contributed by atoms with van der Waals surface area (Å²) in [5.74, 6) is -0.532. The van der Waals surface area contributed by atoms with Crippen molar-refractivity contribution in [1.29, 1.82) is 0 Å². The molecule has 1 N–H and O–H groups in total. The summed E-state index contributed by atoms with van der Waals surface area (Å²) in [6.45, 7) is 1.57. The average molecular weight is 431 g/mol. The highest BCUT2D eigenvalue weighted by molar-refractivity contribution is 7.90. The summed E-state index contributed by atoms with van der Waals surface area (Å²) < 4.78 is 94.3. The lowest BCUT2D eigenvalue weighted by Crippen LogP contribution is -2.44. The SMILES string of the molecule is Cc1ccccc1-c1nc(NS(=O)(=O)N2C=CC=CC2(F)F)ccc1C(F)(F)F. The fourth-order valence-corrected chi connectivity index (χ4v) is 3.77. The molecule has 0 fully saturated rings. The molecule has 0 bridgehead atoms. The number of rotatable bonds is 4. The second-order valence-corrected chi connectivity index (χ2v) is 7.64. The van der Waals surface area contributed by atoms with Crippen LogP contribution in [0.25, 0.3) is 11.3 Å². The lowest BCUT2D eigenvalue weighted by molar-refractivity contribution is -0.137. The molecule has 3 rings (SSSR count). The van der Waals surface area contributed by atoms with Crippen LogP contribution < -0.4 is 4.72 Å². The lowest BCUT2D eigenvalue weighted by atomic mass is 10.0. The molecule has 1 aromatic carbocycles. The fourth-order valence-electron chi connectivity index (χ4n) is 2.68. The average Bonchev–Trinajstić information content (AvgIpc) is 2.60. The first-order valence-corrected chi connectivity index (χ1v) is 9.56. The van der Waals surface area contributed by atoms with Crippen molar-refractivity contribution in [3.63, 3.8) is 0 Å². The molecule has 154 valence electrons. The quantitative estimate of drug-likeness (QED) is 0.563. The Morgan fingerprint density at radius 1 is 1.07 bits per heavy atom. The number of benzene rings is 1. The number of alkyl halides is 5. The summed E-state index contributed by atoms with van der Waals surface area (Å²) in [5.41, 5.74) is -0.995. The van der Waals surface area contributed by atoms with E-state index in [4.69, 9.17) is 0 Å². The van der Waals surface area contributed by atoms with Gasteiger partial charge in [0, 0.05) is 17.8 Å². The van der Waals surface area contributed by atoms with E-state index < -0.39 is 39.5 Å². The normalized spacial score (nSPS) is 16.1. The van der Waals surface area contributed by atoms with E-state index in [0.29, 0.717) is 23.9 Å². The maximum Gasteiger partial charge on any atom is 0.418 e. The molecule has 0 radical (unpaired) electrons. The Morgan fingerprint density at radius 2 is 1.76 bits per heavy atom. The molecular weight excluding hydrogens is 417 g/mol. The van der Waals surface area contributed by atoms with Gasteiger partial charge in [0.25, 0.3) is 0 Å². The van der Waals surface area contributed by atoms with Gasteiger partial charge in [-0.3, -0.25) is 0 Å². The van der Waals surface area contributed by atoms with Gasteiger partial charge >= 0.3 is 22.4 Å². The molecule has 1 aromatic heterocycles. The molecule has 11 heteroatoms. The molecule has 5 nitrogen and oxygen atoms in total. The van der Waals surface area contributed by atoms with Gasteiger partial charge < -0.3 is 0 Å². The van der Waals surface area contributed by atoms with Crippen LogP contribution in [0.15, 0.2) is 60.8 Å². The number of allylic oxidation sites excluding steroid dienone is 2. The summed E-state index contributed by atoms with van der Waals surface area (Å²) in [6, 6.07) is 3.67. The van der Waals surface area contributed by atoms with E-state index in [2.05, 4.69) is 4.98 Å². The molecule has 0 aliphatic carbocycles. The van der Waals surface area contributed by atoms with Gasteiger partial charge in [-0.05, 0) is 30.7 Å². The fraction of sp³-hybridized carbons (Fsp3) is 0.167. The molecule has 29 heavy (non-hydrogen) atoms. The second kappa shape index (κ2) is 7.14. The van der Waals surface area contributed by atoms with Crippen LogP contribution in [0.2, 0.25) is 0 Å². The Kier molecular flexibility index (Phi) is 5.11. The summed E-state index contributed by atoms with van der Waals surface area (Å²) in [7, 11) is -4.85. The third-order valence-corrected chi connectivity index (χ3v) is 5.37. The Balaban J connectivity index is 2.06. The first-order valence-electron chi connectivity index (χ1n) is 8.12. The minimum atomic E-state index is -4.85. The summed E-state index contributed by atoms with van der Waals surface area (Å²) in [5, 5.41) is 0. The zero-order valence-electron chi connectivity index (χ0n) is 14.8. The molecule has 0 amide bonds. The molecule has 0 atom stereocenters. The number of pyridine rings is 1. The van der Waals surface area contributed by atoms with Crippen molar-refractivity contribution in [3.05, 3.63) is 72.0 Å². The Morgan fingerprint density at radius 3 is 2.38 bits per heavy atom. The highest BCUT2D eigenvalue weighted by Crippen LogP contribution is 2.38. The number of anilines is 1. The van der Waals surface area contributed by atoms with E-state index in [9.17, 15) is 30.4 Å². The highest BCUT2D eigenvalue weighted by Gasteiger charge is 2.42.